The molecule has 2 N–H and O–H groups in total. The molecule has 1 saturated heterocycles. The zero-order chi connectivity index (χ0) is 20.3. The highest BCUT2D eigenvalue weighted by atomic mass is 35.5. The van der Waals surface area contributed by atoms with Gasteiger partial charge in [-0.25, -0.2) is 4.79 Å². The molecule has 1 fully saturated rings. The fourth-order valence-corrected chi connectivity index (χ4v) is 5.15. The third kappa shape index (κ3) is 5.34. The van der Waals surface area contributed by atoms with Crippen molar-refractivity contribution in [1.29, 1.82) is 0 Å². The van der Waals surface area contributed by atoms with Gasteiger partial charge in [0, 0.05) is 24.7 Å². The number of nitrogens with one attached hydrogen (secondary N) is 2. The summed E-state index contributed by atoms with van der Waals surface area (Å²) in [5.74, 6) is 0.375. The Morgan fingerprint density at radius 1 is 1.46 bits per heavy atom. The van der Waals surface area contributed by atoms with E-state index in [4.69, 9.17) is 11.6 Å². The van der Waals surface area contributed by atoms with Crippen molar-refractivity contribution in [2.75, 3.05) is 29.8 Å². The van der Waals surface area contributed by atoms with Crippen molar-refractivity contribution in [3.63, 3.8) is 0 Å². The Morgan fingerprint density at radius 2 is 2.25 bits per heavy atom. The molecule has 3 rings (SSSR count). The molecule has 1 aliphatic heterocycles. The number of likely N-dealkylation sites (N-methyl/N-ethyl adjacent to an activating group) is 1. The van der Waals surface area contributed by atoms with Crippen LogP contribution in [0.2, 0.25) is 4.34 Å². The van der Waals surface area contributed by atoms with Gasteiger partial charge in [-0.3, -0.25) is 13.7 Å². The zero-order valence-corrected chi connectivity index (χ0v) is 19.0. The lowest BCUT2D eigenvalue weighted by Crippen LogP contribution is -2.45. The number of amides is 2. The van der Waals surface area contributed by atoms with E-state index in [1.54, 1.807) is 4.68 Å². The number of likely N-dealkylation sites (tertiary alicyclic amines) is 1. The third-order valence-electron chi connectivity index (χ3n) is 4.64. The van der Waals surface area contributed by atoms with E-state index < -0.39 is 0 Å². The summed E-state index contributed by atoms with van der Waals surface area (Å²) < 4.78 is 7.41. The standard InChI is InChI=1S/C18H27ClN6OS2/c1-12(2)16-8-15(17(19)27-16)21-18(26)22-28-25(14-9-20-24(4)11-14)13-6-5-7-23(3)10-13/h8-9,11-13H,5-7,10H2,1-4H3,(H2,21,22,26). The molecule has 0 bridgehead atoms. The Labute approximate surface area is 179 Å². The number of hydrogen-bond donors (Lipinski definition) is 2. The minimum Gasteiger partial charge on any atom is -0.305 e. The van der Waals surface area contributed by atoms with Crippen LogP contribution < -0.4 is 14.3 Å². The van der Waals surface area contributed by atoms with Gasteiger partial charge in [0.25, 0.3) is 0 Å². The maximum Gasteiger partial charge on any atom is 0.330 e. The van der Waals surface area contributed by atoms with E-state index in [1.165, 1.54) is 23.5 Å². The first-order chi connectivity index (χ1) is 13.3. The Morgan fingerprint density at radius 3 is 2.86 bits per heavy atom. The molecule has 0 aromatic carbocycles. The second kappa shape index (κ2) is 9.39. The molecule has 0 aliphatic carbocycles. The van der Waals surface area contributed by atoms with E-state index in [9.17, 15) is 4.79 Å². The molecule has 2 aromatic rings. The first-order valence-electron chi connectivity index (χ1n) is 9.33. The molecule has 10 heteroatoms. The van der Waals surface area contributed by atoms with Gasteiger partial charge in [-0.1, -0.05) is 25.4 Å². The van der Waals surface area contributed by atoms with Gasteiger partial charge in [-0.05, 0) is 38.4 Å². The topological polar surface area (TPSA) is 65.4 Å². The minimum absolute atomic E-state index is 0.293. The van der Waals surface area contributed by atoms with Gasteiger partial charge in [0.15, 0.2) is 0 Å². The maximum atomic E-state index is 12.5. The number of nitrogens with zero attached hydrogens (tertiary/aromatic N) is 4. The van der Waals surface area contributed by atoms with Gasteiger partial charge in [-0.2, -0.15) is 5.10 Å². The van der Waals surface area contributed by atoms with Crippen LogP contribution in [0.5, 0.6) is 0 Å². The number of anilines is 2. The van der Waals surface area contributed by atoms with Gasteiger partial charge in [-0.15, -0.1) is 11.3 Å². The molecule has 0 spiro atoms. The average Bonchev–Trinajstić information content (AvgIpc) is 3.22. The van der Waals surface area contributed by atoms with Crippen LogP contribution in [0, 0.1) is 0 Å². The molecule has 1 atom stereocenters. The van der Waals surface area contributed by atoms with Gasteiger partial charge in [0.1, 0.15) is 4.34 Å². The van der Waals surface area contributed by atoms with E-state index in [0.717, 1.165) is 36.5 Å². The quantitative estimate of drug-likeness (QED) is 0.642. The van der Waals surface area contributed by atoms with Crippen LogP contribution in [0.1, 0.15) is 37.5 Å². The summed E-state index contributed by atoms with van der Waals surface area (Å²) in [4.78, 5) is 15.9. The number of hydrogen-bond acceptors (Lipinski definition) is 6. The highest BCUT2D eigenvalue weighted by molar-refractivity contribution is 7.99. The van der Waals surface area contributed by atoms with E-state index in [0.29, 0.717) is 22.0 Å². The zero-order valence-electron chi connectivity index (χ0n) is 16.6. The lowest BCUT2D eigenvalue weighted by Gasteiger charge is -2.37. The van der Waals surface area contributed by atoms with E-state index >= 15 is 0 Å². The summed E-state index contributed by atoms with van der Waals surface area (Å²) in [6.45, 7) is 6.26. The Bertz CT molecular complexity index is 808. The number of carbonyl (C=O) groups excluding carboxylic acids is 1. The minimum atomic E-state index is -0.293. The molecule has 0 radical (unpaired) electrons. The first kappa shape index (κ1) is 21.3. The lowest BCUT2D eigenvalue weighted by molar-refractivity contribution is 0.253. The number of halogens is 1. The molecular formula is C18H27ClN6OS2. The van der Waals surface area contributed by atoms with Crippen molar-refractivity contribution >= 4 is 52.5 Å². The second-order valence-corrected chi connectivity index (χ2v) is 9.86. The molecular weight excluding hydrogens is 416 g/mol. The summed E-state index contributed by atoms with van der Waals surface area (Å²) in [6, 6.07) is 1.94. The number of urea groups is 1. The summed E-state index contributed by atoms with van der Waals surface area (Å²) in [7, 11) is 4.02. The molecule has 2 aromatic heterocycles. The highest BCUT2D eigenvalue weighted by Crippen LogP contribution is 2.36. The fraction of sp³-hybridized carbons (Fsp3) is 0.556. The number of carbonyl (C=O) groups is 1. The van der Waals surface area contributed by atoms with Gasteiger partial charge in [0.05, 0.1) is 35.7 Å². The molecule has 0 saturated carbocycles. The van der Waals surface area contributed by atoms with Crippen molar-refractivity contribution in [3.05, 3.63) is 27.7 Å². The maximum absolute atomic E-state index is 12.5. The lowest BCUT2D eigenvalue weighted by atomic mass is 10.1. The first-order valence-corrected chi connectivity index (χ1v) is 11.3. The third-order valence-corrected chi connectivity index (χ3v) is 7.28. The van der Waals surface area contributed by atoms with E-state index in [-0.39, 0.29) is 6.03 Å². The van der Waals surface area contributed by atoms with Gasteiger partial charge >= 0.3 is 6.03 Å². The van der Waals surface area contributed by atoms with Crippen molar-refractivity contribution in [3.8, 4) is 0 Å². The van der Waals surface area contributed by atoms with Gasteiger partial charge in [0.2, 0.25) is 0 Å². The summed E-state index contributed by atoms with van der Waals surface area (Å²) >= 11 is 9.07. The molecule has 1 unspecified atom stereocenters. The van der Waals surface area contributed by atoms with Crippen LogP contribution in [0.4, 0.5) is 16.2 Å². The molecule has 2 amide bonds. The van der Waals surface area contributed by atoms with Crippen molar-refractivity contribution in [2.45, 2.75) is 38.6 Å². The van der Waals surface area contributed by atoms with Crippen LogP contribution >= 0.6 is 35.1 Å². The predicted molar refractivity (Wildman–Crippen MR) is 119 cm³/mol. The highest BCUT2D eigenvalue weighted by Gasteiger charge is 2.26. The largest absolute Gasteiger partial charge is 0.330 e. The van der Waals surface area contributed by atoms with Crippen LogP contribution in [0.15, 0.2) is 18.5 Å². The Kier molecular flexibility index (Phi) is 7.14. The smallest absolute Gasteiger partial charge is 0.305 e. The number of rotatable bonds is 6. The van der Waals surface area contributed by atoms with Crippen molar-refractivity contribution in [2.24, 2.45) is 7.05 Å². The molecule has 28 heavy (non-hydrogen) atoms. The Balaban J connectivity index is 1.65. The van der Waals surface area contributed by atoms with E-state index in [2.05, 4.69) is 45.2 Å². The average molecular weight is 443 g/mol. The number of piperidine rings is 1. The van der Waals surface area contributed by atoms with Crippen molar-refractivity contribution in [1.82, 2.24) is 19.4 Å². The van der Waals surface area contributed by atoms with Crippen LogP contribution in [0.25, 0.3) is 0 Å². The van der Waals surface area contributed by atoms with Crippen LogP contribution in [-0.4, -0.2) is 46.9 Å². The summed E-state index contributed by atoms with van der Waals surface area (Å²) in [5, 5.41) is 7.14. The predicted octanol–water partition coefficient (Wildman–Crippen LogP) is 4.54. The number of thiophene rings is 1. The second-order valence-electron chi connectivity index (χ2n) is 7.39. The van der Waals surface area contributed by atoms with Crippen LogP contribution in [-0.2, 0) is 7.05 Å². The Hall–Kier alpha value is -1.42. The van der Waals surface area contributed by atoms with Gasteiger partial charge < -0.3 is 10.2 Å². The number of aromatic nitrogens is 2. The molecule has 3 heterocycles. The molecule has 7 nitrogen and oxygen atoms in total. The summed E-state index contributed by atoms with van der Waals surface area (Å²) in [5.41, 5.74) is 1.63. The number of aryl methyl sites for hydroxylation is 1. The molecule has 1 aliphatic rings. The SMILES string of the molecule is CC(C)c1cc(NC(=O)NSN(c2cnn(C)c2)C2CCCN(C)C2)c(Cl)s1. The summed E-state index contributed by atoms with van der Waals surface area (Å²) in [6.07, 6.45) is 5.99. The van der Waals surface area contributed by atoms with Crippen LogP contribution in [0.3, 0.4) is 0 Å². The monoisotopic (exact) mass is 442 g/mol. The van der Waals surface area contributed by atoms with E-state index in [1.807, 2.05) is 25.5 Å². The molecule has 154 valence electrons. The normalized spacial score (nSPS) is 17.7. The fourth-order valence-electron chi connectivity index (χ4n) is 3.19. The van der Waals surface area contributed by atoms with Crippen molar-refractivity contribution < 1.29 is 4.79 Å².